The van der Waals surface area contributed by atoms with E-state index in [9.17, 15) is 0 Å². The van der Waals surface area contributed by atoms with E-state index in [1.807, 2.05) is 6.92 Å². The maximum atomic E-state index is 5.44. The van der Waals surface area contributed by atoms with E-state index < -0.39 is 0 Å². The number of anilines is 1. The van der Waals surface area contributed by atoms with E-state index in [0.29, 0.717) is 38.3 Å². The first kappa shape index (κ1) is 16.4. The molecule has 1 N–H and O–H groups in total. The Morgan fingerprint density at radius 2 is 1.65 bits per heavy atom. The van der Waals surface area contributed by atoms with Crippen LogP contribution in [-0.4, -0.2) is 48.4 Å². The number of nitrogens with one attached hydrogen (secondary N) is 1. The van der Waals surface area contributed by atoms with Crippen LogP contribution >= 0.6 is 0 Å². The molecule has 1 aromatic heterocycles. The molecule has 0 unspecified atom stereocenters. The van der Waals surface area contributed by atoms with Crippen LogP contribution in [0.15, 0.2) is 0 Å². The monoisotopic (exact) mass is 284 g/mol. The second-order valence-electron chi connectivity index (χ2n) is 4.64. The van der Waals surface area contributed by atoms with Crippen molar-refractivity contribution in [2.24, 2.45) is 5.92 Å². The maximum absolute atomic E-state index is 5.44. The Hall–Kier alpha value is -1.63. The minimum Gasteiger partial charge on any atom is -0.463 e. The summed E-state index contributed by atoms with van der Waals surface area (Å²) in [7, 11) is 1.73. The number of nitrogens with zero attached hydrogens (tertiary/aromatic N) is 3. The molecule has 1 heterocycles. The van der Waals surface area contributed by atoms with Crippen LogP contribution in [0.4, 0.5) is 5.95 Å². The summed E-state index contributed by atoms with van der Waals surface area (Å²) in [4.78, 5) is 12.3. The zero-order valence-electron chi connectivity index (χ0n) is 12.7. The average Bonchev–Trinajstić information content (AvgIpc) is 2.44. The van der Waals surface area contributed by atoms with Crippen LogP contribution < -0.4 is 14.8 Å². The van der Waals surface area contributed by atoms with Gasteiger partial charge in [0.2, 0.25) is 5.95 Å². The van der Waals surface area contributed by atoms with E-state index in [1.165, 1.54) is 0 Å². The van der Waals surface area contributed by atoms with Crippen LogP contribution in [0.1, 0.15) is 27.2 Å². The van der Waals surface area contributed by atoms with Gasteiger partial charge in [-0.2, -0.15) is 9.97 Å². The van der Waals surface area contributed by atoms with Crippen LogP contribution in [0.2, 0.25) is 0 Å². The molecule has 0 amide bonds. The smallest absolute Gasteiger partial charge is 0.324 e. The molecule has 0 radical (unpaired) electrons. The molecule has 0 bridgehead atoms. The second-order valence-corrected chi connectivity index (χ2v) is 4.64. The van der Waals surface area contributed by atoms with E-state index in [2.05, 4.69) is 34.1 Å². The molecule has 114 valence electrons. The van der Waals surface area contributed by atoms with E-state index in [1.54, 1.807) is 7.05 Å². The Morgan fingerprint density at radius 1 is 1.00 bits per heavy atom. The van der Waals surface area contributed by atoms with Gasteiger partial charge in [-0.25, -0.2) is 0 Å². The Morgan fingerprint density at radius 3 is 2.20 bits per heavy atom. The zero-order chi connectivity index (χ0) is 14.8. The Labute approximate surface area is 120 Å². The number of hydrogen-bond donors (Lipinski definition) is 1. The third-order valence-corrected chi connectivity index (χ3v) is 2.16. The van der Waals surface area contributed by atoms with Gasteiger partial charge in [0.25, 0.3) is 0 Å². The van der Waals surface area contributed by atoms with Crippen LogP contribution in [0.3, 0.4) is 0 Å². The van der Waals surface area contributed by atoms with Crippen molar-refractivity contribution >= 4 is 5.95 Å². The molecule has 0 saturated heterocycles. The molecule has 1 aromatic rings. The van der Waals surface area contributed by atoms with Crippen LogP contribution in [0.5, 0.6) is 12.0 Å². The third-order valence-electron chi connectivity index (χ3n) is 2.16. The summed E-state index contributed by atoms with van der Waals surface area (Å²) in [6.45, 7) is 8.39. The fourth-order valence-corrected chi connectivity index (χ4v) is 1.28. The van der Waals surface area contributed by atoms with Crippen molar-refractivity contribution in [3.8, 4) is 12.0 Å². The van der Waals surface area contributed by atoms with Gasteiger partial charge in [-0.3, -0.25) is 0 Å². The quantitative estimate of drug-likeness (QED) is 0.656. The second kappa shape index (κ2) is 9.30. The van der Waals surface area contributed by atoms with Crippen molar-refractivity contribution in [3.05, 3.63) is 0 Å². The highest BCUT2D eigenvalue weighted by Crippen LogP contribution is 2.12. The first-order valence-electron chi connectivity index (χ1n) is 6.92. The summed E-state index contributed by atoms with van der Waals surface area (Å²) in [5, 5.41) is 2.85. The van der Waals surface area contributed by atoms with Gasteiger partial charge in [-0.15, -0.1) is 4.98 Å². The molecular formula is C13H24N4O3. The van der Waals surface area contributed by atoms with Crippen molar-refractivity contribution in [1.82, 2.24) is 15.0 Å². The maximum Gasteiger partial charge on any atom is 0.324 e. The highest BCUT2D eigenvalue weighted by molar-refractivity contribution is 5.26. The van der Waals surface area contributed by atoms with Crippen molar-refractivity contribution in [2.45, 2.75) is 27.2 Å². The Kier molecular flexibility index (Phi) is 7.64. The molecule has 20 heavy (non-hydrogen) atoms. The molecule has 0 saturated carbocycles. The Balaban J connectivity index is 2.46. The molecule has 1 rings (SSSR count). The summed E-state index contributed by atoms with van der Waals surface area (Å²) in [5.74, 6) is 0.932. The SMILES string of the molecule is CCCOc1nc(NC)nc(OCCOCC(C)C)n1. The number of aromatic nitrogens is 3. The summed E-state index contributed by atoms with van der Waals surface area (Å²) < 4.78 is 16.3. The number of hydrogen-bond acceptors (Lipinski definition) is 7. The van der Waals surface area contributed by atoms with Gasteiger partial charge in [0.15, 0.2) is 0 Å². The standard InChI is InChI=1S/C13H24N4O3/c1-5-6-19-12-15-11(14-4)16-13(17-12)20-8-7-18-9-10(2)3/h10H,5-9H2,1-4H3,(H,14,15,16,17). The topological polar surface area (TPSA) is 78.4 Å². The lowest BCUT2D eigenvalue weighted by molar-refractivity contribution is 0.0788. The number of ether oxygens (including phenoxy) is 3. The molecule has 0 aliphatic rings. The summed E-state index contributed by atoms with van der Waals surface area (Å²) in [5.41, 5.74) is 0. The number of rotatable bonds is 10. The summed E-state index contributed by atoms with van der Waals surface area (Å²) >= 11 is 0. The lowest BCUT2D eigenvalue weighted by Gasteiger charge is -2.09. The van der Waals surface area contributed by atoms with Gasteiger partial charge in [0.1, 0.15) is 6.61 Å². The van der Waals surface area contributed by atoms with E-state index in [-0.39, 0.29) is 12.0 Å². The minimum atomic E-state index is 0.239. The fourth-order valence-electron chi connectivity index (χ4n) is 1.28. The first-order valence-corrected chi connectivity index (χ1v) is 6.92. The molecule has 0 atom stereocenters. The van der Waals surface area contributed by atoms with E-state index >= 15 is 0 Å². The molecule has 0 spiro atoms. The van der Waals surface area contributed by atoms with Crippen molar-refractivity contribution in [1.29, 1.82) is 0 Å². The Bertz CT molecular complexity index is 388. The lowest BCUT2D eigenvalue weighted by atomic mass is 10.2. The van der Waals surface area contributed by atoms with Crippen LogP contribution in [0, 0.1) is 5.92 Å². The summed E-state index contributed by atoms with van der Waals surface area (Å²) in [6.07, 6.45) is 0.889. The van der Waals surface area contributed by atoms with Crippen molar-refractivity contribution < 1.29 is 14.2 Å². The predicted molar refractivity (Wildman–Crippen MR) is 76.3 cm³/mol. The molecule has 0 aromatic carbocycles. The largest absolute Gasteiger partial charge is 0.463 e. The van der Waals surface area contributed by atoms with Gasteiger partial charge >= 0.3 is 12.0 Å². The average molecular weight is 284 g/mol. The highest BCUT2D eigenvalue weighted by Gasteiger charge is 2.07. The predicted octanol–water partition coefficient (Wildman–Crippen LogP) is 1.75. The molecule has 0 fully saturated rings. The fraction of sp³-hybridized carbons (Fsp3) is 0.769. The third kappa shape index (κ3) is 6.51. The summed E-state index contributed by atoms with van der Waals surface area (Å²) in [6, 6.07) is 0.507. The molecular weight excluding hydrogens is 260 g/mol. The molecule has 7 nitrogen and oxygen atoms in total. The van der Waals surface area contributed by atoms with Gasteiger partial charge < -0.3 is 19.5 Å². The van der Waals surface area contributed by atoms with Gasteiger partial charge in [0.05, 0.1) is 13.2 Å². The first-order chi connectivity index (χ1) is 9.65. The van der Waals surface area contributed by atoms with E-state index in [4.69, 9.17) is 14.2 Å². The highest BCUT2D eigenvalue weighted by atomic mass is 16.5. The molecule has 0 aliphatic heterocycles. The van der Waals surface area contributed by atoms with Gasteiger partial charge in [-0.05, 0) is 12.3 Å². The van der Waals surface area contributed by atoms with E-state index in [0.717, 1.165) is 6.42 Å². The molecule has 0 aliphatic carbocycles. The van der Waals surface area contributed by atoms with Gasteiger partial charge in [0, 0.05) is 13.7 Å². The van der Waals surface area contributed by atoms with Crippen molar-refractivity contribution in [3.63, 3.8) is 0 Å². The van der Waals surface area contributed by atoms with Crippen LogP contribution in [0.25, 0.3) is 0 Å². The normalized spacial score (nSPS) is 10.7. The van der Waals surface area contributed by atoms with Crippen LogP contribution in [-0.2, 0) is 4.74 Å². The van der Waals surface area contributed by atoms with Crippen molar-refractivity contribution in [2.75, 3.05) is 38.8 Å². The zero-order valence-corrected chi connectivity index (χ0v) is 12.7. The van der Waals surface area contributed by atoms with Gasteiger partial charge in [-0.1, -0.05) is 20.8 Å². The molecule has 7 heteroatoms. The lowest BCUT2D eigenvalue weighted by Crippen LogP contribution is -2.13. The minimum absolute atomic E-state index is 0.239.